The second-order valence-electron chi connectivity index (χ2n) is 13.7. The van der Waals surface area contributed by atoms with E-state index in [1.54, 1.807) is 48.5 Å². The molecule has 4 aromatic rings. The number of rotatable bonds is 7. The lowest BCUT2D eigenvalue weighted by Crippen LogP contribution is -2.54. The van der Waals surface area contributed by atoms with Crippen molar-refractivity contribution in [3.63, 3.8) is 0 Å². The molecule has 268 valence electrons. The molecule has 0 aromatic heterocycles. The zero-order valence-corrected chi connectivity index (χ0v) is 31.1. The number of ether oxygens (including phenoxy) is 1. The summed E-state index contributed by atoms with van der Waals surface area (Å²) < 4.78 is 20.2. The molecule has 3 fully saturated rings. The molecule has 12 heteroatoms. The second kappa shape index (κ2) is 13.4. The van der Waals surface area contributed by atoms with Crippen LogP contribution in [-0.4, -0.2) is 40.9 Å². The van der Waals surface area contributed by atoms with E-state index in [9.17, 15) is 23.9 Å². The highest BCUT2D eigenvalue weighted by atomic mass is 127. The van der Waals surface area contributed by atoms with Gasteiger partial charge in [0, 0.05) is 14.5 Å². The number of phenolic OH excluding ortho intramolecular Hbond substituents is 1. The number of anilines is 2. The molecule has 2 saturated heterocycles. The summed E-state index contributed by atoms with van der Waals surface area (Å²) in [6.45, 7) is 0. The van der Waals surface area contributed by atoms with Gasteiger partial charge in [-0.25, -0.2) is 4.39 Å². The maximum absolute atomic E-state index is 15.2. The number of hydrazine groups is 1. The minimum absolute atomic E-state index is 0.0396. The van der Waals surface area contributed by atoms with Gasteiger partial charge in [-0.1, -0.05) is 53.6 Å². The highest BCUT2D eigenvalue weighted by Crippen LogP contribution is 2.61. The maximum atomic E-state index is 15.2. The molecular formula is C41H32ClFIN3O6. The largest absolute Gasteiger partial charge is 0.504 e. The quantitative estimate of drug-likeness (QED) is 0.112. The summed E-state index contributed by atoms with van der Waals surface area (Å²) >= 11 is 8.53. The fraction of sp³-hybridized carbons (Fsp3) is 0.220. The monoisotopic (exact) mass is 843 g/mol. The van der Waals surface area contributed by atoms with Gasteiger partial charge in [0.15, 0.2) is 11.5 Å². The Kier molecular flexibility index (Phi) is 8.89. The van der Waals surface area contributed by atoms with Crippen LogP contribution in [0.25, 0.3) is 6.08 Å². The Morgan fingerprint density at radius 1 is 0.925 bits per heavy atom. The van der Waals surface area contributed by atoms with Crippen molar-refractivity contribution >= 4 is 75.3 Å². The Morgan fingerprint density at radius 3 is 2.34 bits per heavy atom. The zero-order valence-electron chi connectivity index (χ0n) is 28.2. The number of benzene rings is 4. The number of halogens is 3. The predicted molar refractivity (Wildman–Crippen MR) is 205 cm³/mol. The first-order chi connectivity index (χ1) is 25.5. The van der Waals surface area contributed by atoms with Gasteiger partial charge in [0.2, 0.25) is 11.8 Å². The molecule has 2 N–H and O–H groups in total. The standard InChI is InChI=1S/C41H32ClFIN3O6/c1-53-35-20-22(3-19-34(35)48)2-18-32-29-16-17-30-36(39(51)46(37(30)49)28-14-10-26(44)11-15-28)31(29)21-33-38(50)47(45-27-12-8-25(43)9-13-27)40(52)41(32,33)23-4-6-24(42)7-5-23/h2-16,18-20,30-33,36,45,48H,17,21H2,1H3/t30-,31+,32-,33-,36-,41-/m0/s1. The predicted octanol–water partition coefficient (Wildman–Crippen LogP) is 7.53. The molecule has 8 rings (SSSR count). The average Bonchev–Trinajstić information content (AvgIpc) is 3.54. The highest BCUT2D eigenvalue weighted by Gasteiger charge is 2.69. The molecule has 6 atom stereocenters. The van der Waals surface area contributed by atoms with Crippen LogP contribution in [0.2, 0.25) is 5.02 Å². The Labute approximate surface area is 323 Å². The highest BCUT2D eigenvalue weighted by molar-refractivity contribution is 14.1. The van der Waals surface area contributed by atoms with E-state index >= 15 is 4.79 Å². The van der Waals surface area contributed by atoms with Crippen molar-refractivity contribution in [1.82, 2.24) is 5.01 Å². The van der Waals surface area contributed by atoms with Gasteiger partial charge in [-0.3, -0.25) is 29.5 Å². The molecule has 2 heterocycles. The molecule has 2 aliphatic carbocycles. The number of allylic oxidation sites excluding steroid dienone is 3. The van der Waals surface area contributed by atoms with Crippen LogP contribution in [0.15, 0.2) is 109 Å². The molecule has 1 saturated carbocycles. The summed E-state index contributed by atoms with van der Waals surface area (Å²) in [6, 6.07) is 24.3. The summed E-state index contributed by atoms with van der Waals surface area (Å²) in [4.78, 5) is 59.6. The summed E-state index contributed by atoms with van der Waals surface area (Å²) in [5, 5.41) is 11.7. The van der Waals surface area contributed by atoms with E-state index in [0.29, 0.717) is 27.5 Å². The fourth-order valence-electron chi connectivity index (χ4n) is 8.75. The normalized spacial score (nSPS) is 26.4. The number of nitrogens with zero attached hydrogens (tertiary/aromatic N) is 2. The van der Waals surface area contributed by atoms with Crippen LogP contribution in [0.5, 0.6) is 11.5 Å². The molecule has 0 unspecified atom stereocenters. The van der Waals surface area contributed by atoms with Crippen molar-refractivity contribution in [3.8, 4) is 11.5 Å². The van der Waals surface area contributed by atoms with Crippen molar-refractivity contribution < 1.29 is 33.4 Å². The lowest BCUT2D eigenvalue weighted by molar-refractivity contribution is -0.139. The first kappa shape index (κ1) is 35.0. The number of phenols is 1. The molecule has 2 aliphatic heterocycles. The van der Waals surface area contributed by atoms with E-state index in [4.69, 9.17) is 16.3 Å². The number of hydrogen-bond donors (Lipinski definition) is 2. The third kappa shape index (κ3) is 5.63. The number of carbonyl (C=O) groups excluding carboxylic acids is 4. The molecule has 4 amide bonds. The number of carbonyl (C=O) groups is 4. The molecule has 4 aliphatic rings. The Balaban J connectivity index is 1.30. The molecular weight excluding hydrogens is 812 g/mol. The van der Waals surface area contributed by atoms with E-state index in [1.807, 2.05) is 30.4 Å². The van der Waals surface area contributed by atoms with Crippen LogP contribution in [0.4, 0.5) is 15.8 Å². The summed E-state index contributed by atoms with van der Waals surface area (Å²) in [7, 11) is 1.45. The third-order valence-corrected chi connectivity index (χ3v) is 12.1. The number of fused-ring (bicyclic) bond motifs is 4. The SMILES string of the molecule is COc1cc(C=C[C@H]2C3=CC[C@@H]4C(=O)N(c5ccc(I)cc5)C(=O)[C@@H]4[C@@H]3C[C@H]3C(=O)N(Nc4ccc(F)cc4)C(=O)[C@@]23c2ccc(Cl)cc2)ccc1O. The molecule has 9 nitrogen and oxygen atoms in total. The Morgan fingerprint density at radius 2 is 1.64 bits per heavy atom. The van der Waals surface area contributed by atoms with Crippen LogP contribution in [-0.2, 0) is 24.6 Å². The van der Waals surface area contributed by atoms with Crippen LogP contribution >= 0.6 is 34.2 Å². The van der Waals surface area contributed by atoms with Crippen molar-refractivity contribution in [2.45, 2.75) is 18.3 Å². The van der Waals surface area contributed by atoms with Gasteiger partial charge in [0.25, 0.3) is 11.8 Å². The second-order valence-corrected chi connectivity index (χ2v) is 15.4. The van der Waals surface area contributed by atoms with Crippen LogP contribution < -0.4 is 15.1 Å². The van der Waals surface area contributed by atoms with Gasteiger partial charge in [-0.05, 0) is 125 Å². The first-order valence-electron chi connectivity index (χ1n) is 17.1. The van der Waals surface area contributed by atoms with Gasteiger partial charge in [0.05, 0.1) is 41.7 Å². The maximum Gasteiger partial charge on any atom is 0.260 e. The number of nitrogens with one attached hydrogen (secondary N) is 1. The first-order valence-corrected chi connectivity index (χ1v) is 18.5. The Hall–Kier alpha value is -5.01. The molecule has 4 aromatic carbocycles. The van der Waals surface area contributed by atoms with E-state index < -0.39 is 52.6 Å². The van der Waals surface area contributed by atoms with Crippen LogP contribution in [0.3, 0.4) is 0 Å². The van der Waals surface area contributed by atoms with Gasteiger partial charge in [0.1, 0.15) is 5.82 Å². The average molecular weight is 844 g/mol. The van der Waals surface area contributed by atoms with E-state index in [2.05, 4.69) is 28.0 Å². The van der Waals surface area contributed by atoms with Gasteiger partial charge in [-0.15, -0.1) is 0 Å². The van der Waals surface area contributed by atoms with Gasteiger partial charge >= 0.3 is 0 Å². The Bertz CT molecular complexity index is 2230. The van der Waals surface area contributed by atoms with Gasteiger partial charge < -0.3 is 9.84 Å². The fourth-order valence-corrected chi connectivity index (χ4v) is 9.24. The minimum atomic E-state index is -1.50. The summed E-state index contributed by atoms with van der Waals surface area (Å²) in [5.41, 5.74) is 4.28. The van der Waals surface area contributed by atoms with Crippen molar-refractivity contribution in [2.24, 2.45) is 29.6 Å². The van der Waals surface area contributed by atoms with E-state index in [-0.39, 0.29) is 36.2 Å². The zero-order chi connectivity index (χ0) is 37.2. The molecule has 0 radical (unpaired) electrons. The van der Waals surface area contributed by atoms with Gasteiger partial charge in [-0.2, -0.15) is 5.01 Å². The molecule has 0 spiro atoms. The smallest absolute Gasteiger partial charge is 0.260 e. The minimum Gasteiger partial charge on any atom is -0.504 e. The van der Waals surface area contributed by atoms with E-state index in [0.717, 1.165) is 14.2 Å². The van der Waals surface area contributed by atoms with Crippen molar-refractivity contribution in [1.29, 1.82) is 0 Å². The summed E-state index contributed by atoms with van der Waals surface area (Å²) in [6.07, 6.45) is 6.06. The number of aromatic hydroxyl groups is 1. The lowest BCUT2D eigenvalue weighted by Gasteiger charge is -2.49. The molecule has 53 heavy (non-hydrogen) atoms. The van der Waals surface area contributed by atoms with E-state index in [1.165, 1.54) is 42.3 Å². The van der Waals surface area contributed by atoms with Crippen LogP contribution in [0.1, 0.15) is 24.0 Å². The number of imide groups is 2. The third-order valence-electron chi connectivity index (χ3n) is 11.1. The van der Waals surface area contributed by atoms with Crippen molar-refractivity contribution in [3.05, 3.63) is 134 Å². The number of amides is 4. The summed E-state index contributed by atoms with van der Waals surface area (Å²) in [5.74, 6) is -5.57. The number of hydrogen-bond acceptors (Lipinski definition) is 7. The van der Waals surface area contributed by atoms with Crippen molar-refractivity contribution in [2.75, 3.05) is 17.4 Å². The number of methoxy groups -OCH3 is 1. The molecule has 0 bridgehead atoms. The van der Waals surface area contributed by atoms with Crippen LogP contribution in [0, 0.1) is 39.0 Å². The topological polar surface area (TPSA) is 116 Å². The lowest BCUT2D eigenvalue weighted by atomic mass is 9.50.